The van der Waals surface area contributed by atoms with Gasteiger partial charge in [0.25, 0.3) is 5.91 Å². The lowest BCUT2D eigenvalue weighted by Gasteiger charge is -2.33. The SMILES string of the molecule is COc1cc(OC)cc(C(=O)NC(CC(C)C)C(C)(C)C)c1. The van der Waals surface area contributed by atoms with Gasteiger partial charge in [0, 0.05) is 17.7 Å². The van der Waals surface area contributed by atoms with Crippen LogP contribution in [0.5, 0.6) is 11.5 Å². The summed E-state index contributed by atoms with van der Waals surface area (Å²) in [5.41, 5.74) is 0.553. The van der Waals surface area contributed by atoms with Crippen molar-refractivity contribution in [2.24, 2.45) is 11.3 Å². The predicted octanol–water partition coefficient (Wildman–Crippen LogP) is 3.89. The van der Waals surface area contributed by atoms with Crippen LogP contribution in [0.1, 0.15) is 51.4 Å². The summed E-state index contributed by atoms with van der Waals surface area (Å²) >= 11 is 0. The minimum atomic E-state index is -0.0993. The number of hydrogen-bond donors (Lipinski definition) is 1. The molecule has 0 fully saturated rings. The third-order valence-corrected chi connectivity index (χ3v) is 3.67. The molecule has 1 unspecified atom stereocenters. The molecular weight excluding hydrogens is 278 g/mol. The van der Waals surface area contributed by atoms with Crippen LogP contribution < -0.4 is 14.8 Å². The van der Waals surface area contributed by atoms with Gasteiger partial charge in [0.1, 0.15) is 11.5 Å². The van der Waals surface area contributed by atoms with Crippen molar-refractivity contribution in [3.63, 3.8) is 0 Å². The lowest BCUT2D eigenvalue weighted by Crippen LogP contribution is -2.44. The van der Waals surface area contributed by atoms with E-state index in [1.807, 2.05) is 0 Å². The monoisotopic (exact) mass is 307 g/mol. The zero-order valence-corrected chi connectivity index (χ0v) is 14.8. The molecule has 0 aliphatic rings. The standard InChI is InChI=1S/C18H29NO3/c1-12(2)8-16(18(3,4)5)19-17(20)13-9-14(21-6)11-15(10-13)22-7/h9-12,16H,8H2,1-7H3,(H,19,20). The number of carbonyl (C=O) groups is 1. The number of methoxy groups -OCH3 is 2. The molecule has 4 heteroatoms. The summed E-state index contributed by atoms with van der Waals surface area (Å²) < 4.78 is 10.4. The molecule has 0 heterocycles. The van der Waals surface area contributed by atoms with Gasteiger partial charge in [-0.3, -0.25) is 4.79 Å². The van der Waals surface area contributed by atoms with Gasteiger partial charge in [0.05, 0.1) is 14.2 Å². The average molecular weight is 307 g/mol. The lowest BCUT2D eigenvalue weighted by molar-refractivity contribution is 0.0890. The minimum Gasteiger partial charge on any atom is -0.497 e. The van der Waals surface area contributed by atoms with E-state index >= 15 is 0 Å². The molecule has 0 saturated carbocycles. The van der Waals surface area contributed by atoms with Crippen molar-refractivity contribution in [2.45, 2.75) is 47.1 Å². The van der Waals surface area contributed by atoms with Crippen molar-refractivity contribution in [2.75, 3.05) is 14.2 Å². The smallest absolute Gasteiger partial charge is 0.251 e. The molecule has 0 aliphatic heterocycles. The summed E-state index contributed by atoms with van der Waals surface area (Å²) in [6, 6.07) is 5.32. The molecule has 1 N–H and O–H groups in total. The molecule has 1 amide bonds. The van der Waals surface area contributed by atoms with Crippen molar-refractivity contribution < 1.29 is 14.3 Å². The van der Waals surface area contributed by atoms with E-state index in [4.69, 9.17) is 9.47 Å². The van der Waals surface area contributed by atoms with Crippen LogP contribution in [0.25, 0.3) is 0 Å². The summed E-state index contributed by atoms with van der Waals surface area (Å²) in [6.45, 7) is 10.8. The van der Waals surface area contributed by atoms with Crippen LogP contribution in [0.3, 0.4) is 0 Å². The highest BCUT2D eigenvalue weighted by Gasteiger charge is 2.27. The molecular formula is C18H29NO3. The number of carbonyl (C=O) groups excluding carboxylic acids is 1. The Morgan fingerprint density at radius 3 is 1.95 bits per heavy atom. The highest BCUT2D eigenvalue weighted by Crippen LogP contribution is 2.26. The van der Waals surface area contributed by atoms with Gasteiger partial charge in [-0.15, -0.1) is 0 Å². The Labute approximate surface area is 134 Å². The second-order valence-electron chi connectivity index (χ2n) is 7.12. The van der Waals surface area contributed by atoms with E-state index in [2.05, 4.69) is 39.9 Å². The third kappa shape index (κ3) is 5.24. The van der Waals surface area contributed by atoms with Crippen LogP contribution in [-0.2, 0) is 0 Å². The molecule has 0 spiro atoms. The highest BCUT2D eigenvalue weighted by atomic mass is 16.5. The fourth-order valence-corrected chi connectivity index (χ4v) is 2.28. The maximum Gasteiger partial charge on any atom is 0.251 e. The average Bonchev–Trinajstić information content (AvgIpc) is 2.44. The second kappa shape index (κ2) is 7.52. The maximum atomic E-state index is 12.6. The van der Waals surface area contributed by atoms with E-state index in [1.165, 1.54) is 0 Å². The first-order valence-electron chi connectivity index (χ1n) is 7.71. The van der Waals surface area contributed by atoms with Gasteiger partial charge in [0.2, 0.25) is 0 Å². The number of ether oxygens (including phenoxy) is 2. The van der Waals surface area contributed by atoms with Gasteiger partial charge in [-0.1, -0.05) is 34.6 Å². The molecule has 0 aliphatic carbocycles. The normalized spacial score (nSPS) is 12.9. The fraction of sp³-hybridized carbons (Fsp3) is 0.611. The summed E-state index contributed by atoms with van der Waals surface area (Å²) in [5.74, 6) is 1.64. The summed E-state index contributed by atoms with van der Waals surface area (Å²) in [4.78, 5) is 12.6. The van der Waals surface area contributed by atoms with Crippen LogP contribution in [0, 0.1) is 11.3 Å². The first-order valence-corrected chi connectivity index (χ1v) is 7.71. The van der Waals surface area contributed by atoms with E-state index < -0.39 is 0 Å². The highest BCUT2D eigenvalue weighted by molar-refractivity contribution is 5.95. The molecule has 1 rings (SSSR count). The van der Waals surface area contributed by atoms with Gasteiger partial charge < -0.3 is 14.8 Å². The summed E-state index contributed by atoms with van der Waals surface area (Å²) in [6.07, 6.45) is 0.941. The quantitative estimate of drug-likeness (QED) is 0.867. The Hall–Kier alpha value is -1.71. The van der Waals surface area contributed by atoms with E-state index in [0.29, 0.717) is 23.0 Å². The van der Waals surface area contributed by atoms with Crippen LogP contribution in [-0.4, -0.2) is 26.2 Å². The third-order valence-electron chi connectivity index (χ3n) is 3.67. The second-order valence-corrected chi connectivity index (χ2v) is 7.12. The van der Waals surface area contributed by atoms with Crippen molar-refractivity contribution in [3.8, 4) is 11.5 Å². The van der Waals surface area contributed by atoms with Crippen molar-refractivity contribution in [1.29, 1.82) is 0 Å². The summed E-state index contributed by atoms with van der Waals surface area (Å²) in [7, 11) is 3.15. The number of hydrogen-bond acceptors (Lipinski definition) is 3. The Balaban J connectivity index is 2.99. The zero-order valence-electron chi connectivity index (χ0n) is 14.8. The van der Waals surface area contributed by atoms with Crippen molar-refractivity contribution >= 4 is 5.91 Å². The topological polar surface area (TPSA) is 47.6 Å². The molecule has 124 valence electrons. The lowest BCUT2D eigenvalue weighted by atomic mass is 9.82. The van der Waals surface area contributed by atoms with Crippen molar-refractivity contribution in [1.82, 2.24) is 5.32 Å². The number of amides is 1. The van der Waals surface area contributed by atoms with Crippen LogP contribution >= 0.6 is 0 Å². The molecule has 1 atom stereocenters. The van der Waals surface area contributed by atoms with Gasteiger partial charge in [-0.25, -0.2) is 0 Å². The van der Waals surface area contributed by atoms with E-state index in [-0.39, 0.29) is 17.4 Å². The Morgan fingerprint density at radius 1 is 1.09 bits per heavy atom. The van der Waals surface area contributed by atoms with Crippen LogP contribution in [0.15, 0.2) is 18.2 Å². The minimum absolute atomic E-state index is 0.00286. The van der Waals surface area contributed by atoms with E-state index in [1.54, 1.807) is 32.4 Å². The molecule has 0 aromatic heterocycles. The predicted molar refractivity (Wildman–Crippen MR) is 89.7 cm³/mol. The zero-order chi connectivity index (χ0) is 16.9. The maximum absolute atomic E-state index is 12.6. The summed E-state index contributed by atoms with van der Waals surface area (Å²) in [5, 5.41) is 3.16. The Kier molecular flexibility index (Phi) is 6.27. The van der Waals surface area contributed by atoms with Gasteiger partial charge in [-0.2, -0.15) is 0 Å². The van der Waals surface area contributed by atoms with Gasteiger partial charge in [-0.05, 0) is 29.9 Å². The fourth-order valence-electron chi connectivity index (χ4n) is 2.28. The van der Waals surface area contributed by atoms with Crippen LogP contribution in [0.2, 0.25) is 0 Å². The van der Waals surface area contributed by atoms with E-state index in [0.717, 1.165) is 6.42 Å². The molecule has 0 radical (unpaired) electrons. The largest absolute Gasteiger partial charge is 0.497 e. The first kappa shape index (κ1) is 18.3. The van der Waals surface area contributed by atoms with Gasteiger partial charge in [0.15, 0.2) is 0 Å². The van der Waals surface area contributed by atoms with Crippen molar-refractivity contribution in [3.05, 3.63) is 23.8 Å². The van der Waals surface area contributed by atoms with Gasteiger partial charge >= 0.3 is 0 Å². The molecule has 1 aromatic carbocycles. The Morgan fingerprint density at radius 2 is 1.59 bits per heavy atom. The molecule has 22 heavy (non-hydrogen) atoms. The van der Waals surface area contributed by atoms with E-state index in [9.17, 15) is 4.79 Å². The molecule has 0 saturated heterocycles. The number of benzene rings is 1. The molecule has 0 bridgehead atoms. The first-order chi connectivity index (χ1) is 10.2. The number of rotatable bonds is 6. The molecule has 4 nitrogen and oxygen atoms in total. The number of nitrogens with one attached hydrogen (secondary N) is 1. The van der Waals surface area contributed by atoms with Crippen LogP contribution in [0.4, 0.5) is 0 Å². The molecule has 1 aromatic rings. The Bertz CT molecular complexity index is 481.